The maximum absolute atomic E-state index is 2.29. The van der Waals surface area contributed by atoms with Gasteiger partial charge in [0.25, 0.3) is 0 Å². The molecule has 0 radical (unpaired) electrons. The van der Waals surface area contributed by atoms with Crippen molar-refractivity contribution in [1.29, 1.82) is 0 Å². The average molecular weight is 673 g/mol. The second-order valence-corrected chi connectivity index (χ2v) is 12.8. The highest BCUT2D eigenvalue weighted by Crippen LogP contribution is 2.34. The van der Waals surface area contributed by atoms with E-state index in [-0.39, 0.29) is 0 Å². The Morgan fingerprint density at radius 1 is 0.327 bits per heavy atom. The molecule has 2 nitrogen and oxygen atoms in total. The van der Waals surface area contributed by atoms with E-state index in [0.29, 0.717) is 0 Å². The summed E-state index contributed by atoms with van der Waals surface area (Å²) in [6, 6.07) is 69.2. The lowest BCUT2D eigenvalue weighted by Crippen LogP contribution is -2.09. The standard InChI is InChI=1S/C50H44N2/c1-3-39(41-17-9-5-10-18-41)37-51(47-21-13-7-14-22-47)49-33-29-45(30-34-49)43-25-27-44(28-26-43)46-31-35-50(36-32-46)52(48-23-15-8-16-24-48)38-40(4-2)42-19-11-6-12-20-42/h5-38H,3-4H2,1-2H3/b39-37-,40-38+. The highest BCUT2D eigenvalue weighted by Gasteiger charge is 2.12. The summed E-state index contributed by atoms with van der Waals surface area (Å²) in [5.74, 6) is 0. The third-order valence-corrected chi connectivity index (χ3v) is 9.53. The molecule has 0 aliphatic heterocycles. The molecule has 0 amide bonds. The van der Waals surface area contributed by atoms with E-state index in [0.717, 1.165) is 35.6 Å². The first kappa shape index (κ1) is 34.1. The number of benzene rings is 7. The number of anilines is 4. The van der Waals surface area contributed by atoms with Gasteiger partial charge in [0, 0.05) is 35.1 Å². The molecule has 7 aromatic carbocycles. The molecule has 0 atom stereocenters. The van der Waals surface area contributed by atoms with Gasteiger partial charge in [-0.3, -0.25) is 0 Å². The molecule has 0 N–H and O–H groups in total. The van der Waals surface area contributed by atoms with Gasteiger partial charge < -0.3 is 9.80 Å². The number of nitrogens with zero attached hydrogens (tertiary/aromatic N) is 2. The van der Waals surface area contributed by atoms with Crippen LogP contribution in [0.5, 0.6) is 0 Å². The van der Waals surface area contributed by atoms with Crippen LogP contribution in [0.3, 0.4) is 0 Å². The van der Waals surface area contributed by atoms with E-state index in [1.165, 1.54) is 44.5 Å². The third kappa shape index (κ3) is 7.98. The summed E-state index contributed by atoms with van der Waals surface area (Å²) in [6.45, 7) is 4.43. The molecule has 2 heteroatoms. The summed E-state index contributed by atoms with van der Waals surface area (Å²) >= 11 is 0. The smallest absolute Gasteiger partial charge is 0.0456 e. The highest BCUT2D eigenvalue weighted by atomic mass is 15.1. The molecule has 0 aliphatic rings. The Balaban J connectivity index is 1.12. The Bertz CT molecular complexity index is 2040. The van der Waals surface area contributed by atoms with Crippen LogP contribution < -0.4 is 9.80 Å². The zero-order valence-electron chi connectivity index (χ0n) is 29.9. The van der Waals surface area contributed by atoms with Crippen LogP contribution >= 0.6 is 0 Å². The van der Waals surface area contributed by atoms with Crippen molar-refractivity contribution in [2.45, 2.75) is 26.7 Å². The van der Waals surface area contributed by atoms with E-state index < -0.39 is 0 Å². The maximum atomic E-state index is 2.29. The molecule has 0 bridgehead atoms. The monoisotopic (exact) mass is 672 g/mol. The lowest BCUT2D eigenvalue weighted by Gasteiger charge is -2.23. The Labute approximate surface area is 309 Å². The van der Waals surface area contributed by atoms with Gasteiger partial charge in [-0.05, 0) is 106 Å². The summed E-state index contributed by atoms with van der Waals surface area (Å²) < 4.78 is 0. The van der Waals surface area contributed by atoms with Gasteiger partial charge in [-0.2, -0.15) is 0 Å². The van der Waals surface area contributed by atoms with Gasteiger partial charge in [-0.1, -0.05) is 159 Å². The number of rotatable bonds is 12. The molecule has 0 aliphatic carbocycles. The molecule has 7 aromatic rings. The first-order valence-corrected chi connectivity index (χ1v) is 18.2. The largest absolute Gasteiger partial charge is 0.317 e. The van der Waals surface area contributed by atoms with Crippen LogP contribution in [0.1, 0.15) is 37.8 Å². The molecular weight excluding hydrogens is 629 g/mol. The topological polar surface area (TPSA) is 6.48 Å². The molecule has 0 saturated carbocycles. The van der Waals surface area contributed by atoms with Crippen LogP contribution in [-0.2, 0) is 0 Å². The zero-order valence-corrected chi connectivity index (χ0v) is 29.9. The Kier molecular flexibility index (Phi) is 10.8. The number of hydrogen-bond acceptors (Lipinski definition) is 2. The molecule has 254 valence electrons. The first-order valence-electron chi connectivity index (χ1n) is 18.2. The highest BCUT2D eigenvalue weighted by molar-refractivity contribution is 5.79. The lowest BCUT2D eigenvalue weighted by atomic mass is 9.99. The molecule has 7 rings (SSSR count). The van der Waals surface area contributed by atoms with Crippen molar-refractivity contribution in [2.24, 2.45) is 0 Å². The second kappa shape index (κ2) is 16.6. The third-order valence-electron chi connectivity index (χ3n) is 9.53. The molecular formula is C50H44N2. The Hall–Kier alpha value is -6.38. The summed E-state index contributed by atoms with van der Waals surface area (Å²) in [6.07, 6.45) is 6.44. The number of para-hydroxylation sites is 2. The molecule has 0 heterocycles. The fourth-order valence-corrected chi connectivity index (χ4v) is 6.61. The van der Waals surface area contributed by atoms with Crippen LogP contribution in [0, 0.1) is 0 Å². The second-order valence-electron chi connectivity index (χ2n) is 12.8. The number of allylic oxidation sites excluding steroid dienone is 2. The van der Waals surface area contributed by atoms with E-state index >= 15 is 0 Å². The quantitative estimate of drug-likeness (QED) is 0.127. The van der Waals surface area contributed by atoms with E-state index in [1.54, 1.807) is 0 Å². The average Bonchev–Trinajstić information content (AvgIpc) is 3.23. The lowest BCUT2D eigenvalue weighted by molar-refractivity contribution is 1.20. The van der Waals surface area contributed by atoms with E-state index in [2.05, 4.69) is 230 Å². The van der Waals surface area contributed by atoms with Crippen LogP contribution in [0.2, 0.25) is 0 Å². The van der Waals surface area contributed by atoms with E-state index in [9.17, 15) is 0 Å². The van der Waals surface area contributed by atoms with Crippen molar-refractivity contribution in [3.05, 3.63) is 218 Å². The molecule has 0 spiro atoms. The Morgan fingerprint density at radius 2 is 0.577 bits per heavy atom. The molecule has 0 unspecified atom stereocenters. The van der Waals surface area contributed by atoms with Crippen molar-refractivity contribution in [2.75, 3.05) is 9.80 Å². The van der Waals surface area contributed by atoms with Crippen molar-refractivity contribution >= 4 is 33.9 Å². The van der Waals surface area contributed by atoms with Gasteiger partial charge in [-0.15, -0.1) is 0 Å². The van der Waals surface area contributed by atoms with Crippen LogP contribution in [0.15, 0.2) is 207 Å². The number of hydrogen-bond donors (Lipinski definition) is 0. The van der Waals surface area contributed by atoms with Crippen LogP contribution in [0.4, 0.5) is 22.7 Å². The predicted octanol–water partition coefficient (Wildman–Crippen LogP) is 14.2. The van der Waals surface area contributed by atoms with Gasteiger partial charge in [0.15, 0.2) is 0 Å². The molecule has 0 fully saturated rings. The van der Waals surface area contributed by atoms with Gasteiger partial charge in [0.05, 0.1) is 0 Å². The van der Waals surface area contributed by atoms with Crippen LogP contribution in [-0.4, -0.2) is 0 Å². The predicted molar refractivity (Wildman–Crippen MR) is 224 cm³/mol. The molecule has 0 aromatic heterocycles. The van der Waals surface area contributed by atoms with E-state index in [1.807, 2.05) is 0 Å². The molecule has 52 heavy (non-hydrogen) atoms. The van der Waals surface area contributed by atoms with Gasteiger partial charge in [0.2, 0.25) is 0 Å². The summed E-state index contributed by atoms with van der Waals surface area (Å²) in [5, 5.41) is 0. The first-order chi connectivity index (χ1) is 25.7. The Morgan fingerprint density at radius 3 is 0.865 bits per heavy atom. The normalized spacial score (nSPS) is 11.7. The van der Waals surface area contributed by atoms with Gasteiger partial charge in [0.1, 0.15) is 0 Å². The minimum Gasteiger partial charge on any atom is -0.317 e. The van der Waals surface area contributed by atoms with Crippen LogP contribution in [0.25, 0.3) is 33.4 Å². The summed E-state index contributed by atoms with van der Waals surface area (Å²) in [4.78, 5) is 4.59. The van der Waals surface area contributed by atoms with Crippen molar-refractivity contribution < 1.29 is 0 Å². The SMILES string of the molecule is CC/C(=C/N(c1ccccc1)c1ccc(-c2ccc(-c3ccc(N(/C=C(\CC)c4ccccc4)c4ccccc4)cc3)cc2)cc1)c1ccccc1. The van der Waals surface area contributed by atoms with Gasteiger partial charge >= 0.3 is 0 Å². The van der Waals surface area contributed by atoms with Crippen molar-refractivity contribution in [1.82, 2.24) is 0 Å². The van der Waals surface area contributed by atoms with E-state index in [4.69, 9.17) is 0 Å². The minimum atomic E-state index is 0.941. The molecule has 0 saturated heterocycles. The van der Waals surface area contributed by atoms with Gasteiger partial charge in [-0.25, -0.2) is 0 Å². The fourth-order valence-electron chi connectivity index (χ4n) is 6.61. The summed E-state index contributed by atoms with van der Waals surface area (Å²) in [7, 11) is 0. The minimum absolute atomic E-state index is 0.941. The summed E-state index contributed by atoms with van der Waals surface area (Å²) in [5.41, 5.74) is 14.4. The maximum Gasteiger partial charge on any atom is 0.0456 e. The zero-order chi connectivity index (χ0) is 35.5. The fraction of sp³-hybridized carbons (Fsp3) is 0.0800. The van der Waals surface area contributed by atoms with Crippen molar-refractivity contribution in [3.8, 4) is 22.3 Å². The van der Waals surface area contributed by atoms with Crippen molar-refractivity contribution in [3.63, 3.8) is 0 Å².